The fraction of sp³-hybridized carbons (Fsp3) is 0.267. The van der Waals surface area contributed by atoms with Gasteiger partial charge in [-0.15, -0.1) is 0 Å². The Kier molecular flexibility index (Phi) is 4.77. The summed E-state index contributed by atoms with van der Waals surface area (Å²) in [4.78, 5) is 3.29. The number of rotatable bonds is 5. The molecule has 0 saturated heterocycles. The smallest absolute Gasteiger partial charge is 0.385 e. The first-order chi connectivity index (χ1) is 9.95. The standard InChI is InChI=1S/C15H14F4N2/c16-12-5-3-11(4-6-12)2-1-8-20-13-7-9-21-14(10-13)15(17,18)19/h3-7,9-10H,1-2,8H2,(H,20,21). The molecule has 6 heteroatoms. The molecule has 1 heterocycles. The minimum Gasteiger partial charge on any atom is -0.385 e. The van der Waals surface area contributed by atoms with Crippen molar-refractivity contribution in [3.63, 3.8) is 0 Å². The summed E-state index contributed by atoms with van der Waals surface area (Å²) in [5.74, 6) is -0.284. The van der Waals surface area contributed by atoms with Crippen LogP contribution in [0.25, 0.3) is 0 Å². The Balaban J connectivity index is 1.82. The molecule has 0 aliphatic rings. The van der Waals surface area contributed by atoms with Crippen LogP contribution in [0, 0.1) is 5.82 Å². The summed E-state index contributed by atoms with van der Waals surface area (Å²) < 4.78 is 50.2. The van der Waals surface area contributed by atoms with Gasteiger partial charge in [-0.3, -0.25) is 4.98 Å². The first-order valence-corrected chi connectivity index (χ1v) is 6.47. The molecule has 0 radical (unpaired) electrons. The normalized spacial score (nSPS) is 11.4. The molecule has 0 aliphatic heterocycles. The largest absolute Gasteiger partial charge is 0.433 e. The quantitative estimate of drug-likeness (QED) is 0.658. The van der Waals surface area contributed by atoms with E-state index in [9.17, 15) is 17.6 Å². The van der Waals surface area contributed by atoms with Gasteiger partial charge >= 0.3 is 6.18 Å². The van der Waals surface area contributed by atoms with Crippen LogP contribution < -0.4 is 5.32 Å². The van der Waals surface area contributed by atoms with E-state index < -0.39 is 11.9 Å². The number of hydrogen-bond acceptors (Lipinski definition) is 2. The van der Waals surface area contributed by atoms with Crippen molar-refractivity contribution in [3.8, 4) is 0 Å². The number of halogens is 4. The van der Waals surface area contributed by atoms with Gasteiger partial charge in [0.1, 0.15) is 11.5 Å². The summed E-state index contributed by atoms with van der Waals surface area (Å²) in [6.07, 6.45) is -1.85. The molecule has 1 aromatic heterocycles. The highest BCUT2D eigenvalue weighted by Gasteiger charge is 2.32. The van der Waals surface area contributed by atoms with Crippen LogP contribution in [-0.2, 0) is 12.6 Å². The summed E-state index contributed by atoms with van der Waals surface area (Å²) in [6, 6.07) is 8.65. The van der Waals surface area contributed by atoms with Crippen molar-refractivity contribution in [2.75, 3.05) is 11.9 Å². The van der Waals surface area contributed by atoms with Crippen LogP contribution in [0.4, 0.5) is 23.2 Å². The molecule has 0 atom stereocenters. The number of pyridine rings is 1. The molecule has 2 aromatic rings. The number of benzene rings is 1. The van der Waals surface area contributed by atoms with Gasteiger partial charge in [0, 0.05) is 18.4 Å². The van der Waals surface area contributed by atoms with Gasteiger partial charge in [-0.25, -0.2) is 4.39 Å². The molecule has 2 rings (SSSR count). The summed E-state index contributed by atoms with van der Waals surface area (Å²) in [5.41, 5.74) is 0.464. The van der Waals surface area contributed by atoms with Gasteiger partial charge in [0.15, 0.2) is 0 Å². The van der Waals surface area contributed by atoms with E-state index in [0.717, 1.165) is 30.7 Å². The number of hydrogen-bond donors (Lipinski definition) is 1. The molecule has 1 aromatic carbocycles. The summed E-state index contributed by atoms with van der Waals surface area (Å²) in [6.45, 7) is 0.526. The predicted molar refractivity (Wildman–Crippen MR) is 72.4 cm³/mol. The maximum atomic E-state index is 12.7. The van der Waals surface area contributed by atoms with E-state index in [4.69, 9.17) is 0 Å². The first-order valence-electron chi connectivity index (χ1n) is 6.47. The minimum absolute atomic E-state index is 0.284. The average molecular weight is 298 g/mol. The second-order valence-corrected chi connectivity index (χ2v) is 4.58. The van der Waals surface area contributed by atoms with Crippen molar-refractivity contribution in [3.05, 3.63) is 59.7 Å². The molecular formula is C15H14F4N2. The highest BCUT2D eigenvalue weighted by atomic mass is 19.4. The number of alkyl halides is 3. The zero-order valence-electron chi connectivity index (χ0n) is 11.1. The Morgan fingerprint density at radius 1 is 1.05 bits per heavy atom. The highest BCUT2D eigenvalue weighted by Crippen LogP contribution is 2.28. The summed E-state index contributed by atoms with van der Waals surface area (Å²) in [5, 5.41) is 2.92. The van der Waals surface area contributed by atoms with E-state index in [0.29, 0.717) is 12.2 Å². The van der Waals surface area contributed by atoms with Gasteiger partial charge in [-0.2, -0.15) is 13.2 Å². The third kappa shape index (κ3) is 4.73. The molecule has 2 nitrogen and oxygen atoms in total. The Morgan fingerprint density at radius 2 is 1.76 bits per heavy atom. The van der Waals surface area contributed by atoms with Crippen LogP contribution in [0.15, 0.2) is 42.6 Å². The van der Waals surface area contributed by atoms with Crippen LogP contribution in [0.5, 0.6) is 0 Å². The fourth-order valence-corrected chi connectivity index (χ4v) is 1.87. The molecule has 0 amide bonds. The minimum atomic E-state index is -4.44. The zero-order valence-corrected chi connectivity index (χ0v) is 11.1. The lowest BCUT2D eigenvalue weighted by atomic mass is 10.1. The molecule has 0 unspecified atom stereocenters. The molecule has 1 N–H and O–H groups in total. The number of nitrogens with one attached hydrogen (secondary N) is 1. The van der Waals surface area contributed by atoms with Crippen LogP contribution in [0.2, 0.25) is 0 Å². The van der Waals surface area contributed by atoms with Crippen LogP contribution in [-0.4, -0.2) is 11.5 Å². The topological polar surface area (TPSA) is 24.9 Å². The maximum Gasteiger partial charge on any atom is 0.433 e. The Hall–Kier alpha value is -2.11. The lowest BCUT2D eigenvalue weighted by molar-refractivity contribution is -0.141. The number of aryl methyl sites for hydroxylation is 1. The zero-order chi connectivity index (χ0) is 15.3. The second kappa shape index (κ2) is 6.56. The van der Waals surface area contributed by atoms with Gasteiger partial charge in [-0.1, -0.05) is 12.1 Å². The molecule has 112 valence electrons. The predicted octanol–water partition coefficient (Wildman–Crippen LogP) is 4.28. The number of aromatic nitrogens is 1. The van der Waals surface area contributed by atoms with Crippen LogP contribution in [0.1, 0.15) is 17.7 Å². The SMILES string of the molecule is Fc1ccc(CCCNc2ccnc(C(F)(F)F)c2)cc1. The van der Waals surface area contributed by atoms with Gasteiger partial charge in [-0.05, 0) is 42.7 Å². The summed E-state index contributed by atoms with van der Waals surface area (Å²) >= 11 is 0. The molecule has 21 heavy (non-hydrogen) atoms. The van der Waals surface area contributed by atoms with Crippen molar-refractivity contribution in [2.24, 2.45) is 0 Å². The van der Waals surface area contributed by atoms with E-state index in [2.05, 4.69) is 10.3 Å². The van der Waals surface area contributed by atoms with Crippen molar-refractivity contribution in [1.29, 1.82) is 0 Å². The molecule has 0 fully saturated rings. The van der Waals surface area contributed by atoms with E-state index in [1.807, 2.05) is 0 Å². The molecule has 0 saturated carbocycles. The van der Waals surface area contributed by atoms with Gasteiger partial charge in [0.2, 0.25) is 0 Å². The molecule has 0 spiro atoms. The van der Waals surface area contributed by atoms with E-state index in [1.54, 1.807) is 12.1 Å². The van der Waals surface area contributed by atoms with Gasteiger partial charge in [0.25, 0.3) is 0 Å². The van der Waals surface area contributed by atoms with Crippen molar-refractivity contribution < 1.29 is 17.6 Å². The molecule has 0 bridgehead atoms. The van der Waals surface area contributed by atoms with E-state index in [1.165, 1.54) is 18.2 Å². The lowest BCUT2D eigenvalue weighted by Crippen LogP contribution is -2.09. The average Bonchev–Trinajstić information content (AvgIpc) is 2.45. The molecular weight excluding hydrogens is 284 g/mol. The third-order valence-corrected chi connectivity index (χ3v) is 2.93. The van der Waals surface area contributed by atoms with Crippen molar-refractivity contribution >= 4 is 5.69 Å². The van der Waals surface area contributed by atoms with Crippen molar-refractivity contribution in [1.82, 2.24) is 4.98 Å². The van der Waals surface area contributed by atoms with Crippen LogP contribution in [0.3, 0.4) is 0 Å². The highest BCUT2D eigenvalue weighted by molar-refractivity contribution is 5.43. The Morgan fingerprint density at radius 3 is 2.43 bits per heavy atom. The van der Waals surface area contributed by atoms with E-state index >= 15 is 0 Å². The number of anilines is 1. The molecule has 0 aliphatic carbocycles. The monoisotopic (exact) mass is 298 g/mol. The third-order valence-electron chi connectivity index (χ3n) is 2.93. The van der Waals surface area contributed by atoms with E-state index in [-0.39, 0.29) is 5.82 Å². The second-order valence-electron chi connectivity index (χ2n) is 4.58. The van der Waals surface area contributed by atoms with Gasteiger partial charge in [0.05, 0.1) is 0 Å². The van der Waals surface area contributed by atoms with Crippen LogP contribution >= 0.6 is 0 Å². The summed E-state index contributed by atoms with van der Waals surface area (Å²) in [7, 11) is 0. The van der Waals surface area contributed by atoms with Crippen molar-refractivity contribution in [2.45, 2.75) is 19.0 Å². The Bertz CT molecular complexity index is 579. The maximum absolute atomic E-state index is 12.7. The Labute approximate surface area is 119 Å². The van der Waals surface area contributed by atoms with Gasteiger partial charge < -0.3 is 5.32 Å². The number of nitrogens with zero attached hydrogens (tertiary/aromatic N) is 1. The first kappa shape index (κ1) is 15.3. The fourth-order valence-electron chi connectivity index (χ4n) is 1.87. The lowest BCUT2D eigenvalue weighted by Gasteiger charge is -2.09.